The first-order valence-electron chi connectivity index (χ1n) is 9.84. The van der Waals surface area contributed by atoms with Gasteiger partial charge in [0.25, 0.3) is 5.91 Å². The van der Waals surface area contributed by atoms with Crippen molar-refractivity contribution in [3.63, 3.8) is 0 Å². The van der Waals surface area contributed by atoms with Gasteiger partial charge in [-0.2, -0.15) is 10.1 Å². The number of amides is 1. The fourth-order valence-corrected chi connectivity index (χ4v) is 3.72. The number of hydrogen-bond acceptors (Lipinski definition) is 7. The summed E-state index contributed by atoms with van der Waals surface area (Å²) in [7, 11) is 1.56. The highest BCUT2D eigenvalue weighted by atomic mass is 16.5. The van der Waals surface area contributed by atoms with E-state index >= 15 is 0 Å². The molecule has 1 aromatic carbocycles. The fourth-order valence-electron chi connectivity index (χ4n) is 3.72. The molecule has 1 aliphatic rings. The molecule has 2 N–H and O–H groups in total. The molecule has 0 radical (unpaired) electrons. The molecule has 1 saturated heterocycles. The van der Waals surface area contributed by atoms with E-state index in [9.17, 15) is 4.79 Å². The SMILES string of the molecule is COc1nc(N2CCC(Nc3cccc(-c4cnco4)c3)C2=O)ccc1-c1cn[nH]c1. The van der Waals surface area contributed by atoms with Crippen molar-refractivity contribution in [1.29, 1.82) is 0 Å². The molecule has 0 saturated carbocycles. The zero-order valence-electron chi connectivity index (χ0n) is 16.8. The molecule has 5 rings (SSSR count). The first-order valence-corrected chi connectivity index (χ1v) is 9.84. The van der Waals surface area contributed by atoms with Gasteiger partial charge in [-0.25, -0.2) is 4.98 Å². The highest BCUT2D eigenvalue weighted by Crippen LogP contribution is 2.32. The first-order chi connectivity index (χ1) is 15.2. The maximum absolute atomic E-state index is 13.1. The monoisotopic (exact) mass is 416 g/mol. The number of aromatic nitrogens is 4. The Bertz CT molecular complexity index is 1190. The first kappa shape index (κ1) is 18.9. The zero-order valence-corrected chi connectivity index (χ0v) is 16.8. The Hall–Kier alpha value is -4.14. The molecule has 1 atom stereocenters. The van der Waals surface area contributed by atoms with Gasteiger partial charge in [-0.3, -0.25) is 14.8 Å². The van der Waals surface area contributed by atoms with Gasteiger partial charge in [0.15, 0.2) is 12.2 Å². The number of H-pyrrole nitrogens is 1. The Morgan fingerprint density at radius 1 is 1.23 bits per heavy atom. The van der Waals surface area contributed by atoms with Crippen LogP contribution in [0.3, 0.4) is 0 Å². The minimum absolute atomic E-state index is 0.0318. The standard InChI is InChI=1S/C22H20N6O3/c1-30-21-17(15-10-24-25-11-15)5-6-20(27-21)28-8-7-18(22(28)29)26-16-4-2-3-14(9-16)19-12-23-13-31-19/h2-6,9-13,18,26H,7-8H2,1H3,(H,24,25). The molecule has 4 aromatic rings. The molecule has 9 nitrogen and oxygen atoms in total. The number of pyridine rings is 1. The van der Waals surface area contributed by atoms with Gasteiger partial charge in [-0.05, 0) is 30.7 Å². The third kappa shape index (κ3) is 3.61. The fraction of sp³-hybridized carbons (Fsp3) is 0.182. The van der Waals surface area contributed by atoms with Crippen LogP contribution >= 0.6 is 0 Å². The van der Waals surface area contributed by atoms with Crippen LogP contribution < -0.4 is 15.0 Å². The van der Waals surface area contributed by atoms with E-state index in [1.165, 1.54) is 6.39 Å². The van der Waals surface area contributed by atoms with E-state index in [4.69, 9.17) is 9.15 Å². The number of hydrogen-bond donors (Lipinski definition) is 2. The van der Waals surface area contributed by atoms with E-state index < -0.39 is 0 Å². The molecule has 1 amide bonds. The van der Waals surface area contributed by atoms with Crippen LogP contribution in [0.25, 0.3) is 22.5 Å². The molecular formula is C22H20N6O3. The van der Waals surface area contributed by atoms with Gasteiger partial charge >= 0.3 is 0 Å². The summed E-state index contributed by atoms with van der Waals surface area (Å²) < 4.78 is 10.8. The minimum atomic E-state index is -0.341. The summed E-state index contributed by atoms with van der Waals surface area (Å²) in [5.41, 5.74) is 3.42. The third-order valence-electron chi connectivity index (χ3n) is 5.25. The Labute approximate surface area is 178 Å². The second-order valence-corrected chi connectivity index (χ2v) is 7.14. The highest BCUT2D eigenvalue weighted by molar-refractivity contribution is 6.00. The summed E-state index contributed by atoms with van der Waals surface area (Å²) in [5.74, 6) is 1.66. The molecule has 1 aliphatic heterocycles. The predicted octanol–water partition coefficient (Wildman–Crippen LogP) is 3.35. The van der Waals surface area contributed by atoms with Crippen molar-refractivity contribution in [3.05, 3.63) is 61.4 Å². The molecule has 1 unspecified atom stereocenters. The lowest BCUT2D eigenvalue weighted by Gasteiger charge is -2.18. The Morgan fingerprint density at radius 3 is 2.94 bits per heavy atom. The van der Waals surface area contributed by atoms with Crippen molar-refractivity contribution >= 4 is 17.4 Å². The number of anilines is 2. The summed E-state index contributed by atoms with van der Waals surface area (Å²) in [6.45, 7) is 0.569. The van der Waals surface area contributed by atoms with E-state index in [0.717, 1.165) is 22.4 Å². The van der Waals surface area contributed by atoms with Crippen LogP contribution in [0.15, 0.2) is 65.8 Å². The van der Waals surface area contributed by atoms with Crippen molar-refractivity contribution in [2.45, 2.75) is 12.5 Å². The lowest BCUT2D eigenvalue weighted by Crippen LogP contribution is -2.33. The van der Waals surface area contributed by atoms with Crippen LogP contribution in [0.1, 0.15) is 6.42 Å². The number of aromatic amines is 1. The number of ether oxygens (including phenoxy) is 1. The average Bonchev–Trinajstić information content (AvgIpc) is 3.57. The van der Waals surface area contributed by atoms with Crippen LogP contribution in [0.2, 0.25) is 0 Å². The lowest BCUT2D eigenvalue weighted by molar-refractivity contribution is -0.117. The third-order valence-corrected chi connectivity index (χ3v) is 5.25. The van der Waals surface area contributed by atoms with Crippen LogP contribution in [0, 0.1) is 0 Å². The Kier molecular flexibility index (Phi) is 4.83. The molecule has 31 heavy (non-hydrogen) atoms. The molecule has 0 bridgehead atoms. The molecule has 0 aliphatic carbocycles. The number of benzene rings is 1. The van der Waals surface area contributed by atoms with Gasteiger partial charge in [-0.15, -0.1) is 0 Å². The van der Waals surface area contributed by atoms with Crippen molar-refractivity contribution in [1.82, 2.24) is 20.2 Å². The van der Waals surface area contributed by atoms with E-state index in [1.54, 1.807) is 30.6 Å². The van der Waals surface area contributed by atoms with Crippen molar-refractivity contribution < 1.29 is 13.9 Å². The summed E-state index contributed by atoms with van der Waals surface area (Å²) in [6.07, 6.45) is 7.19. The van der Waals surface area contributed by atoms with Gasteiger partial charge in [-0.1, -0.05) is 12.1 Å². The molecule has 0 spiro atoms. The van der Waals surface area contributed by atoms with Gasteiger partial charge in [0.2, 0.25) is 5.88 Å². The van der Waals surface area contributed by atoms with E-state index in [2.05, 4.69) is 25.5 Å². The highest BCUT2D eigenvalue weighted by Gasteiger charge is 2.33. The van der Waals surface area contributed by atoms with Crippen molar-refractivity contribution in [3.8, 4) is 28.3 Å². The van der Waals surface area contributed by atoms with Crippen LogP contribution in [0.5, 0.6) is 5.88 Å². The van der Waals surface area contributed by atoms with Crippen molar-refractivity contribution in [2.24, 2.45) is 0 Å². The quantitative estimate of drug-likeness (QED) is 0.496. The second kappa shape index (κ2) is 7.94. The van der Waals surface area contributed by atoms with Crippen LogP contribution in [-0.2, 0) is 4.79 Å². The molecule has 4 heterocycles. The number of oxazole rings is 1. The van der Waals surface area contributed by atoms with Gasteiger partial charge < -0.3 is 14.5 Å². The lowest BCUT2D eigenvalue weighted by atomic mass is 10.1. The number of nitrogens with one attached hydrogen (secondary N) is 2. The number of rotatable bonds is 6. The summed E-state index contributed by atoms with van der Waals surface area (Å²) in [4.78, 5) is 23.3. The number of nitrogens with zero attached hydrogens (tertiary/aromatic N) is 4. The Morgan fingerprint density at radius 2 is 2.16 bits per heavy atom. The molecule has 1 fully saturated rings. The smallest absolute Gasteiger partial charge is 0.250 e. The van der Waals surface area contributed by atoms with Crippen molar-refractivity contribution in [2.75, 3.05) is 23.9 Å². The summed E-state index contributed by atoms with van der Waals surface area (Å²) >= 11 is 0. The molecule has 3 aromatic heterocycles. The molecular weight excluding hydrogens is 396 g/mol. The van der Waals surface area contributed by atoms with E-state index in [1.807, 2.05) is 36.4 Å². The largest absolute Gasteiger partial charge is 0.480 e. The molecule has 9 heteroatoms. The summed E-state index contributed by atoms with van der Waals surface area (Å²) in [5, 5.41) is 10.1. The van der Waals surface area contributed by atoms with Gasteiger partial charge in [0.05, 0.1) is 19.5 Å². The minimum Gasteiger partial charge on any atom is -0.480 e. The van der Waals surface area contributed by atoms with E-state index in [0.29, 0.717) is 30.4 Å². The topological polar surface area (TPSA) is 109 Å². The van der Waals surface area contributed by atoms with Crippen LogP contribution in [0.4, 0.5) is 11.5 Å². The van der Waals surface area contributed by atoms with Gasteiger partial charge in [0.1, 0.15) is 11.9 Å². The normalized spacial score (nSPS) is 16.0. The second-order valence-electron chi connectivity index (χ2n) is 7.14. The van der Waals surface area contributed by atoms with Gasteiger partial charge in [0, 0.05) is 35.1 Å². The Balaban J connectivity index is 1.34. The molecule has 156 valence electrons. The maximum Gasteiger partial charge on any atom is 0.250 e. The summed E-state index contributed by atoms with van der Waals surface area (Å²) in [6, 6.07) is 11.1. The predicted molar refractivity (Wildman–Crippen MR) is 115 cm³/mol. The number of carbonyl (C=O) groups is 1. The van der Waals surface area contributed by atoms with E-state index in [-0.39, 0.29) is 11.9 Å². The number of methoxy groups -OCH3 is 1. The average molecular weight is 416 g/mol. The van der Waals surface area contributed by atoms with Crippen LogP contribution in [-0.4, -0.2) is 45.8 Å². The number of carbonyl (C=O) groups excluding carboxylic acids is 1. The zero-order chi connectivity index (χ0) is 21.2. The maximum atomic E-state index is 13.1.